The van der Waals surface area contributed by atoms with Crippen molar-refractivity contribution in [3.63, 3.8) is 0 Å². The van der Waals surface area contributed by atoms with Crippen LogP contribution in [-0.4, -0.2) is 5.75 Å². The van der Waals surface area contributed by atoms with E-state index in [0.29, 0.717) is 0 Å². The highest BCUT2D eigenvalue weighted by Gasteiger charge is 2.01. The van der Waals surface area contributed by atoms with Gasteiger partial charge >= 0.3 is 0 Å². The summed E-state index contributed by atoms with van der Waals surface area (Å²) in [6.45, 7) is 1.92. The zero-order chi connectivity index (χ0) is 9.68. The van der Waals surface area contributed by atoms with Crippen molar-refractivity contribution < 1.29 is 8.78 Å². The number of allylic oxidation sites excluding steroid dienone is 1. The van der Waals surface area contributed by atoms with Crippen molar-refractivity contribution in [3.05, 3.63) is 42.0 Å². The van der Waals surface area contributed by atoms with E-state index in [9.17, 15) is 8.78 Å². The van der Waals surface area contributed by atoms with Gasteiger partial charge in [0.05, 0.1) is 0 Å². The molecule has 0 saturated heterocycles. The Morgan fingerprint density at radius 3 is 2.69 bits per heavy atom. The molecule has 0 nitrogen and oxygen atoms in total. The molecule has 0 amide bonds. The topological polar surface area (TPSA) is 0 Å². The molecule has 0 aliphatic carbocycles. The summed E-state index contributed by atoms with van der Waals surface area (Å²) in [7, 11) is 0. The largest absolute Gasteiger partial charge is 0.204 e. The van der Waals surface area contributed by atoms with Crippen LogP contribution in [-0.2, 0) is 0 Å². The Balaban J connectivity index is 2.63. The summed E-state index contributed by atoms with van der Waals surface area (Å²) >= 11 is 1.47. The first-order valence-corrected chi connectivity index (χ1v) is 4.91. The lowest BCUT2D eigenvalue weighted by Gasteiger charge is -1.98. The van der Waals surface area contributed by atoms with Gasteiger partial charge in [-0.3, -0.25) is 0 Å². The maximum atomic E-state index is 12.7. The fourth-order valence-corrected chi connectivity index (χ4v) is 1.64. The average molecular weight is 200 g/mol. The highest BCUT2D eigenvalue weighted by atomic mass is 32.2. The number of thioether (sulfide) groups is 1. The molecule has 1 aromatic carbocycles. The third-order valence-corrected chi connectivity index (χ3v) is 2.42. The van der Waals surface area contributed by atoms with E-state index in [2.05, 4.69) is 0 Å². The van der Waals surface area contributed by atoms with Crippen molar-refractivity contribution in [3.8, 4) is 0 Å². The van der Waals surface area contributed by atoms with Gasteiger partial charge in [-0.25, -0.2) is 8.78 Å². The van der Waals surface area contributed by atoms with Gasteiger partial charge < -0.3 is 0 Å². The summed E-state index contributed by atoms with van der Waals surface area (Å²) in [5.41, 5.74) is 0. The van der Waals surface area contributed by atoms with Gasteiger partial charge in [0.1, 0.15) is 0 Å². The highest BCUT2D eigenvalue weighted by molar-refractivity contribution is 7.99. The van der Waals surface area contributed by atoms with E-state index in [1.807, 2.05) is 19.1 Å². The quantitative estimate of drug-likeness (QED) is 0.530. The van der Waals surface area contributed by atoms with Crippen LogP contribution in [0.2, 0.25) is 0 Å². The Morgan fingerprint density at radius 2 is 2.08 bits per heavy atom. The number of benzene rings is 1. The number of rotatable bonds is 3. The predicted octanol–water partition coefficient (Wildman–Crippen LogP) is 3.63. The summed E-state index contributed by atoms with van der Waals surface area (Å²) in [4.78, 5) is 0.747. The van der Waals surface area contributed by atoms with E-state index in [0.717, 1.165) is 16.7 Å². The molecule has 0 saturated carbocycles. The fraction of sp³-hybridized carbons (Fsp3) is 0.200. The van der Waals surface area contributed by atoms with Crippen LogP contribution in [0.5, 0.6) is 0 Å². The third-order valence-electron chi connectivity index (χ3n) is 1.47. The summed E-state index contributed by atoms with van der Waals surface area (Å²) in [5.74, 6) is -0.803. The minimum Gasteiger partial charge on any atom is -0.204 e. The molecule has 70 valence electrons. The van der Waals surface area contributed by atoms with Gasteiger partial charge in [-0.1, -0.05) is 12.2 Å². The first kappa shape index (κ1) is 10.3. The molecule has 0 fully saturated rings. The fourth-order valence-electron chi connectivity index (χ4n) is 0.807. The van der Waals surface area contributed by atoms with Crippen LogP contribution in [0.25, 0.3) is 0 Å². The zero-order valence-electron chi connectivity index (χ0n) is 7.26. The van der Waals surface area contributed by atoms with Crippen LogP contribution >= 0.6 is 11.8 Å². The van der Waals surface area contributed by atoms with Crippen LogP contribution in [0.3, 0.4) is 0 Å². The van der Waals surface area contributed by atoms with Crippen molar-refractivity contribution in [2.45, 2.75) is 11.8 Å². The van der Waals surface area contributed by atoms with Crippen molar-refractivity contribution in [1.29, 1.82) is 0 Å². The summed E-state index contributed by atoms with van der Waals surface area (Å²) in [6, 6.07) is 3.93. The lowest BCUT2D eigenvalue weighted by atomic mass is 10.3. The van der Waals surface area contributed by atoms with Crippen LogP contribution in [0.1, 0.15) is 6.92 Å². The van der Waals surface area contributed by atoms with Crippen molar-refractivity contribution in [1.82, 2.24) is 0 Å². The Labute approximate surface area is 80.7 Å². The van der Waals surface area contributed by atoms with Gasteiger partial charge in [0.2, 0.25) is 0 Å². The van der Waals surface area contributed by atoms with Crippen molar-refractivity contribution in [2.75, 3.05) is 5.75 Å². The number of halogens is 2. The number of hydrogen-bond donors (Lipinski definition) is 0. The van der Waals surface area contributed by atoms with E-state index in [1.54, 1.807) is 6.07 Å². The molecule has 0 heterocycles. The molecule has 1 aromatic rings. The van der Waals surface area contributed by atoms with Crippen molar-refractivity contribution in [2.24, 2.45) is 0 Å². The Morgan fingerprint density at radius 1 is 1.31 bits per heavy atom. The highest BCUT2D eigenvalue weighted by Crippen LogP contribution is 2.20. The molecule has 1 rings (SSSR count). The maximum absolute atomic E-state index is 12.7. The third kappa shape index (κ3) is 3.19. The molecule has 0 atom stereocenters. The molecular weight excluding hydrogens is 190 g/mol. The lowest BCUT2D eigenvalue weighted by molar-refractivity contribution is 0.506. The molecular formula is C10H10F2S. The standard InChI is InChI=1S/C10H10F2S/c1-2-3-6-13-8-4-5-9(11)10(12)7-8/h2-5,7H,6H2,1H3/b3-2+. The van der Waals surface area contributed by atoms with Crippen LogP contribution in [0, 0.1) is 11.6 Å². The minimum absolute atomic E-state index is 0.747. The van der Waals surface area contributed by atoms with Gasteiger partial charge in [0.15, 0.2) is 11.6 Å². The molecule has 13 heavy (non-hydrogen) atoms. The van der Waals surface area contributed by atoms with E-state index < -0.39 is 11.6 Å². The molecule has 0 bridgehead atoms. The Bertz CT molecular complexity index is 308. The van der Waals surface area contributed by atoms with Crippen molar-refractivity contribution >= 4 is 11.8 Å². The molecule has 0 aliphatic rings. The molecule has 0 spiro atoms. The maximum Gasteiger partial charge on any atom is 0.159 e. The Kier molecular flexibility index (Phi) is 3.96. The first-order chi connectivity index (χ1) is 6.24. The van der Waals surface area contributed by atoms with Gasteiger partial charge in [-0.2, -0.15) is 0 Å². The summed E-state index contributed by atoms with van der Waals surface area (Å²) < 4.78 is 25.2. The molecule has 0 N–H and O–H groups in total. The van der Waals surface area contributed by atoms with Gasteiger partial charge in [0.25, 0.3) is 0 Å². The molecule has 0 aromatic heterocycles. The van der Waals surface area contributed by atoms with Crippen LogP contribution in [0.15, 0.2) is 35.2 Å². The SMILES string of the molecule is C/C=C/CSc1ccc(F)c(F)c1. The number of hydrogen-bond acceptors (Lipinski definition) is 1. The monoisotopic (exact) mass is 200 g/mol. The smallest absolute Gasteiger partial charge is 0.159 e. The van der Waals surface area contributed by atoms with E-state index in [1.165, 1.54) is 17.8 Å². The van der Waals surface area contributed by atoms with Crippen LogP contribution in [0.4, 0.5) is 8.78 Å². The second-order valence-corrected chi connectivity index (χ2v) is 3.55. The summed E-state index contributed by atoms with van der Waals surface area (Å²) in [5, 5.41) is 0. The molecule has 3 heteroatoms. The van der Waals surface area contributed by atoms with E-state index in [-0.39, 0.29) is 0 Å². The lowest BCUT2D eigenvalue weighted by Crippen LogP contribution is -1.83. The van der Waals surface area contributed by atoms with Crippen LogP contribution < -0.4 is 0 Å². The van der Waals surface area contributed by atoms with Gasteiger partial charge in [-0.15, -0.1) is 11.8 Å². The van der Waals surface area contributed by atoms with E-state index in [4.69, 9.17) is 0 Å². The molecule has 0 aliphatic heterocycles. The summed E-state index contributed by atoms with van der Waals surface area (Å²) in [6.07, 6.45) is 3.89. The second-order valence-electron chi connectivity index (χ2n) is 2.46. The normalized spacial score (nSPS) is 11.0. The predicted molar refractivity (Wildman–Crippen MR) is 51.9 cm³/mol. The minimum atomic E-state index is -0.796. The van der Waals surface area contributed by atoms with Gasteiger partial charge in [0, 0.05) is 10.6 Å². The van der Waals surface area contributed by atoms with Gasteiger partial charge in [-0.05, 0) is 25.1 Å². The average Bonchev–Trinajstić information content (AvgIpc) is 2.12. The zero-order valence-corrected chi connectivity index (χ0v) is 8.07. The molecule has 0 unspecified atom stereocenters. The Hall–Kier alpha value is -0.830. The second kappa shape index (κ2) is 5.02. The van der Waals surface area contributed by atoms with E-state index >= 15 is 0 Å². The molecule has 0 radical (unpaired) electrons. The first-order valence-electron chi connectivity index (χ1n) is 3.93.